The molecule has 0 bridgehead atoms. The lowest BCUT2D eigenvalue weighted by Crippen LogP contribution is -2.40. The maximum atomic E-state index is 6.16. The second kappa shape index (κ2) is 11.0. The van der Waals surface area contributed by atoms with Gasteiger partial charge in [0.25, 0.3) is 0 Å². The largest absolute Gasteiger partial charge is 0.397 e. The summed E-state index contributed by atoms with van der Waals surface area (Å²) in [6.45, 7) is 8.93. The van der Waals surface area contributed by atoms with Crippen LogP contribution in [0, 0.1) is 0 Å². The molecule has 0 amide bonds. The van der Waals surface area contributed by atoms with Gasteiger partial charge in [0.15, 0.2) is 0 Å². The van der Waals surface area contributed by atoms with Gasteiger partial charge in [0.1, 0.15) is 6.17 Å². The number of nitrogens with zero attached hydrogens (tertiary/aromatic N) is 1. The molecule has 2 aliphatic rings. The Morgan fingerprint density at radius 3 is 3.04 bits per heavy atom. The Balaban J connectivity index is 1.76. The monoisotopic (exact) mass is 345 g/mol. The zero-order chi connectivity index (χ0) is 17.9. The van der Waals surface area contributed by atoms with Gasteiger partial charge in [0.05, 0.1) is 11.4 Å². The van der Waals surface area contributed by atoms with Gasteiger partial charge in [0, 0.05) is 25.3 Å². The van der Waals surface area contributed by atoms with Gasteiger partial charge in [-0.1, -0.05) is 31.6 Å². The number of allylic oxidation sites excluding steroid dienone is 3. The molecule has 2 unspecified atom stereocenters. The molecule has 0 radical (unpaired) electrons. The van der Waals surface area contributed by atoms with Gasteiger partial charge in [-0.05, 0) is 51.4 Å². The first-order chi connectivity index (χ1) is 12.2. The summed E-state index contributed by atoms with van der Waals surface area (Å²) in [6, 6.07) is 0.441. The first-order valence-corrected chi connectivity index (χ1v) is 9.68. The van der Waals surface area contributed by atoms with Gasteiger partial charge < -0.3 is 26.6 Å². The molecule has 2 heterocycles. The molecule has 2 atom stereocenters. The predicted octanol–water partition coefficient (Wildman–Crippen LogP) is 2.18. The maximum absolute atomic E-state index is 6.16. The maximum Gasteiger partial charge on any atom is 0.116 e. The van der Waals surface area contributed by atoms with Crippen LogP contribution in [0.1, 0.15) is 39.5 Å². The number of rotatable bonds is 7. The van der Waals surface area contributed by atoms with Crippen LogP contribution in [-0.4, -0.2) is 43.3 Å². The summed E-state index contributed by atoms with van der Waals surface area (Å²) >= 11 is 0. The molecule has 0 aromatic heterocycles. The van der Waals surface area contributed by atoms with E-state index in [1.54, 1.807) is 0 Å². The molecule has 1 saturated heterocycles. The zero-order valence-electron chi connectivity index (χ0n) is 15.8. The highest BCUT2D eigenvalue weighted by atomic mass is 15.2. The molecule has 5 heteroatoms. The van der Waals surface area contributed by atoms with E-state index in [0.717, 1.165) is 24.5 Å². The number of hydrogen-bond donors (Lipinski definition) is 4. The summed E-state index contributed by atoms with van der Waals surface area (Å²) in [5, 5.41) is 10.2. The van der Waals surface area contributed by atoms with Crippen molar-refractivity contribution >= 4 is 0 Å². The summed E-state index contributed by atoms with van der Waals surface area (Å²) in [6.07, 6.45) is 17.5. The second-order valence-electron chi connectivity index (χ2n) is 6.78. The third-order valence-electron chi connectivity index (χ3n) is 4.69. The third kappa shape index (κ3) is 6.96. The quantitative estimate of drug-likeness (QED) is 0.421. The van der Waals surface area contributed by atoms with Crippen molar-refractivity contribution in [2.75, 3.05) is 26.2 Å². The smallest absolute Gasteiger partial charge is 0.116 e. The van der Waals surface area contributed by atoms with Gasteiger partial charge in [-0.25, -0.2) is 0 Å². The van der Waals surface area contributed by atoms with Gasteiger partial charge in [-0.15, -0.1) is 0 Å². The highest BCUT2D eigenvalue weighted by Gasteiger charge is 2.13. The highest BCUT2D eigenvalue weighted by Crippen LogP contribution is 2.09. The van der Waals surface area contributed by atoms with Crippen LogP contribution in [0.15, 0.2) is 48.0 Å². The predicted molar refractivity (Wildman–Crippen MR) is 107 cm³/mol. The van der Waals surface area contributed by atoms with Crippen LogP contribution in [-0.2, 0) is 0 Å². The van der Waals surface area contributed by atoms with E-state index in [0.29, 0.717) is 6.04 Å². The van der Waals surface area contributed by atoms with Crippen LogP contribution in [0.5, 0.6) is 0 Å². The first kappa shape index (κ1) is 19.6. The summed E-state index contributed by atoms with van der Waals surface area (Å²) in [7, 11) is 0. The SMILES string of the molecule is C/C=C\C1NC=C(/C(N)=C/C=C\C2CCCN(CCCC)CCN2)N1. The summed E-state index contributed by atoms with van der Waals surface area (Å²) in [4.78, 5) is 2.58. The first-order valence-electron chi connectivity index (χ1n) is 9.68. The van der Waals surface area contributed by atoms with Crippen molar-refractivity contribution < 1.29 is 0 Å². The Kier molecular flexibility index (Phi) is 8.63. The van der Waals surface area contributed by atoms with E-state index in [1.165, 1.54) is 38.8 Å². The number of hydrogen-bond acceptors (Lipinski definition) is 5. The summed E-state index contributed by atoms with van der Waals surface area (Å²) in [5.74, 6) is 0. The molecule has 5 N–H and O–H groups in total. The molecule has 2 rings (SSSR count). The Labute approximate surface area is 153 Å². The van der Waals surface area contributed by atoms with Crippen molar-refractivity contribution in [3.63, 3.8) is 0 Å². The van der Waals surface area contributed by atoms with Crippen LogP contribution in [0.3, 0.4) is 0 Å². The van der Waals surface area contributed by atoms with Crippen molar-refractivity contribution in [3.05, 3.63) is 48.0 Å². The molecular formula is C20H35N5. The van der Waals surface area contributed by atoms with Gasteiger partial charge >= 0.3 is 0 Å². The van der Waals surface area contributed by atoms with E-state index in [9.17, 15) is 0 Å². The number of nitrogens with one attached hydrogen (secondary N) is 3. The molecule has 2 aliphatic heterocycles. The van der Waals surface area contributed by atoms with E-state index < -0.39 is 0 Å². The normalized spacial score (nSPS) is 26.3. The summed E-state index contributed by atoms with van der Waals surface area (Å²) < 4.78 is 0. The van der Waals surface area contributed by atoms with Crippen molar-refractivity contribution in [1.82, 2.24) is 20.9 Å². The van der Waals surface area contributed by atoms with E-state index in [1.807, 2.05) is 25.3 Å². The minimum Gasteiger partial charge on any atom is -0.397 e. The lowest BCUT2D eigenvalue weighted by Gasteiger charge is -2.27. The Morgan fingerprint density at radius 1 is 1.36 bits per heavy atom. The fraction of sp³-hybridized carbons (Fsp3) is 0.600. The minimum absolute atomic E-state index is 0.138. The van der Waals surface area contributed by atoms with Crippen LogP contribution in [0.25, 0.3) is 0 Å². The Morgan fingerprint density at radius 2 is 2.24 bits per heavy atom. The van der Waals surface area contributed by atoms with Crippen molar-refractivity contribution in [2.24, 2.45) is 5.73 Å². The van der Waals surface area contributed by atoms with Crippen LogP contribution >= 0.6 is 0 Å². The standard InChI is InChI=1S/C20H35N5/c1-3-5-13-25-14-7-10-17(22-12-15-25)9-6-11-18(21)19-16-23-20(24-19)8-4-2/h4,6,8-9,11,16-17,20,22-24H,3,5,7,10,12-15,21H2,1-2H3/b8-4-,9-6-,18-11-. The second-order valence-corrected chi connectivity index (χ2v) is 6.78. The van der Waals surface area contributed by atoms with Gasteiger partial charge in [-0.3, -0.25) is 0 Å². The molecule has 0 aromatic carbocycles. The average molecular weight is 346 g/mol. The Bertz CT molecular complexity index is 496. The fourth-order valence-corrected chi connectivity index (χ4v) is 3.20. The van der Waals surface area contributed by atoms with Crippen LogP contribution in [0.4, 0.5) is 0 Å². The molecule has 0 spiro atoms. The number of unbranched alkanes of at least 4 members (excludes halogenated alkanes) is 1. The van der Waals surface area contributed by atoms with Crippen LogP contribution in [0.2, 0.25) is 0 Å². The van der Waals surface area contributed by atoms with E-state index in [-0.39, 0.29) is 6.17 Å². The lowest BCUT2D eigenvalue weighted by molar-refractivity contribution is 0.243. The molecule has 5 nitrogen and oxygen atoms in total. The van der Waals surface area contributed by atoms with E-state index >= 15 is 0 Å². The topological polar surface area (TPSA) is 65.3 Å². The highest BCUT2D eigenvalue weighted by molar-refractivity contribution is 5.33. The number of nitrogens with two attached hydrogens (primary N) is 1. The third-order valence-corrected chi connectivity index (χ3v) is 4.69. The molecule has 0 aliphatic carbocycles. The lowest BCUT2D eigenvalue weighted by atomic mass is 10.1. The zero-order valence-corrected chi connectivity index (χ0v) is 15.8. The molecule has 140 valence electrons. The molecular weight excluding hydrogens is 310 g/mol. The summed E-state index contributed by atoms with van der Waals surface area (Å²) in [5.41, 5.74) is 7.87. The molecule has 0 saturated carbocycles. The van der Waals surface area contributed by atoms with Gasteiger partial charge in [-0.2, -0.15) is 0 Å². The van der Waals surface area contributed by atoms with Crippen molar-refractivity contribution in [2.45, 2.75) is 51.7 Å². The molecule has 25 heavy (non-hydrogen) atoms. The molecule has 1 fully saturated rings. The average Bonchev–Trinajstić information content (AvgIpc) is 3.05. The minimum atomic E-state index is 0.138. The molecule has 0 aromatic rings. The van der Waals surface area contributed by atoms with E-state index in [2.05, 4.69) is 46.0 Å². The van der Waals surface area contributed by atoms with Crippen molar-refractivity contribution in [1.29, 1.82) is 0 Å². The fourth-order valence-electron chi connectivity index (χ4n) is 3.20. The van der Waals surface area contributed by atoms with Crippen LogP contribution < -0.4 is 21.7 Å². The van der Waals surface area contributed by atoms with Gasteiger partial charge in [0.2, 0.25) is 0 Å². The van der Waals surface area contributed by atoms with Crippen molar-refractivity contribution in [3.8, 4) is 0 Å². The Hall–Kier alpha value is -1.72. The van der Waals surface area contributed by atoms with E-state index in [4.69, 9.17) is 5.73 Å².